The lowest BCUT2D eigenvalue weighted by Gasteiger charge is -2.31. The third-order valence-corrected chi connectivity index (χ3v) is 4.70. The van der Waals surface area contributed by atoms with Gasteiger partial charge in [0.15, 0.2) is 0 Å². The molecule has 1 aliphatic heterocycles. The van der Waals surface area contributed by atoms with E-state index in [0.717, 1.165) is 24.0 Å². The molecular formula is C21H24F2N2O3. The molecule has 3 rings (SSSR count). The summed E-state index contributed by atoms with van der Waals surface area (Å²) in [5.74, 6) is 0.154. The highest BCUT2D eigenvalue weighted by atomic mass is 19.3. The number of likely N-dealkylation sites (tertiary alicyclic amines) is 1. The molecule has 28 heavy (non-hydrogen) atoms. The number of hydrogen-bond donors (Lipinski definition) is 1. The molecule has 1 fully saturated rings. The lowest BCUT2D eigenvalue weighted by atomic mass is 10.0. The molecule has 1 saturated heterocycles. The molecule has 2 aromatic carbocycles. The van der Waals surface area contributed by atoms with E-state index < -0.39 is 6.61 Å². The first-order chi connectivity index (χ1) is 13.6. The second-order valence-electron chi connectivity index (χ2n) is 6.70. The fraction of sp³-hybridized carbons (Fsp3) is 0.381. The number of amides is 1. The van der Waals surface area contributed by atoms with E-state index in [-0.39, 0.29) is 18.4 Å². The predicted octanol–water partition coefficient (Wildman–Crippen LogP) is 4.18. The first kappa shape index (κ1) is 20.1. The number of hydrogen-bond acceptors (Lipinski definition) is 4. The lowest BCUT2D eigenvalue weighted by Crippen LogP contribution is -2.44. The summed E-state index contributed by atoms with van der Waals surface area (Å²) in [6.07, 6.45) is 1.40. The van der Waals surface area contributed by atoms with Crippen LogP contribution >= 0.6 is 0 Å². The van der Waals surface area contributed by atoms with Crippen LogP contribution in [-0.2, 0) is 17.9 Å². The third-order valence-electron chi connectivity index (χ3n) is 4.70. The number of halogens is 2. The summed E-state index contributed by atoms with van der Waals surface area (Å²) in [6.45, 7) is -0.603. The fourth-order valence-electron chi connectivity index (χ4n) is 3.13. The van der Waals surface area contributed by atoms with Crippen LogP contribution in [-0.4, -0.2) is 36.7 Å². The molecule has 7 heteroatoms. The summed E-state index contributed by atoms with van der Waals surface area (Å²) in [7, 11) is 0. The van der Waals surface area contributed by atoms with Crippen LogP contribution in [0.25, 0.3) is 0 Å². The molecule has 0 aliphatic carbocycles. The van der Waals surface area contributed by atoms with E-state index in [9.17, 15) is 13.6 Å². The first-order valence-corrected chi connectivity index (χ1v) is 9.33. The average Bonchev–Trinajstić information content (AvgIpc) is 2.72. The molecule has 1 amide bonds. The van der Waals surface area contributed by atoms with Gasteiger partial charge in [0.05, 0.1) is 0 Å². The number of carbonyl (C=O) groups is 1. The van der Waals surface area contributed by atoms with Crippen LogP contribution in [0.5, 0.6) is 5.75 Å². The predicted molar refractivity (Wildman–Crippen MR) is 101 cm³/mol. The molecule has 0 saturated carbocycles. The first-order valence-electron chi connectivity index (χ1n) is 9.33. The van der Waals surface area contributed by atoms with Crippen molar-refractivity contribution >= 4 is 6.09 Å². The molecule has 0 aromatic heterocycles. The van der Waals surface area contributed by atoms with Crippen molar-refractivity contribution in [2.45, 2.75) is 38.6 Å². The largest absolute Gasteiger partial charge is 0.445 e. The molecule has 1 heterocycles. The van der Waals surface area contributed by atoms with Crippen LogP contribution in [0.15, 0.2) is 54.6 Å². The highest BCUT2D eigenvalue weighted by molar-refractivity contribution is 5.67. The zero-order chi connectivity index (χ0) is 19.8. The number of ether oxygens (including phenoxy) is 2. The topological polar surface area (TPSA) is 50.8 Å². The molecule has 1 N–H and O–H groups in total. The number of benzene rings is 2. The molecule has 0 atom stereocenters. The molecule has 1 aliphatic rings. The summed E-state index contributed by atoms with van der Waals surface area (Å²) < 4.78 is 34.0. The van der Waals surface area contributed by atoms with Crippen molar-refractivity contribution in [3.05, 3.63) is 65.7 Å². The van der Waals surface area contributed by atoms with Crippen molar-refractivity contribution in [3.8, 4) is 5.75 Å². The van der Waals surface area contributed by atoms with Crippen molar-refractivity contribution in [3.63, 3.8) is 0 Å². The second kappa shape index (κ2) is 10.0. The summed E-state index contributed by atoms with van der Waals surface area (Å²) in [6, 6.07) is 16.5. The van der Waals surface area contributed by atoms with Crippen LogP contribution in [0.3, 0.4) is 0 Å². The zero-order valence-electron chi connectivity index (χ0n) is 15.5. The van der Waals surface area contributed by atoms with Crippen LogP contribution < -0.4 is 10.1 Å². The van der Waals surface area contributed by atoms with Gasteiger partial charge >= 0.3 is 12.7 Å². The van der Waals surface area contributed by atoms with Gasteiger partial charge in [-0.2, -0.15) is 8.78 Å². The number of alkyl halides is 2. The van der Waals surface area contributed by atoms with Crippen LogP contribution in [0.1, 0.15) is 24.0 Å². The van der Waals surface area contributed by atoms with Crippen molar-refractivity contribution < 1.29 is 23.0 Å². The minimum absolute atomic E-state index is 0.154. The Morgan fingerprint density at radius 2 is 1.71 bits per heavy atom. The minimum Gasteiger partial charge on any atom is -0.445 e. The maximum absolute atomic E-state index is 12.2. The molecule has 5 nitrogen and oxygen atoms in total. The summed E-state index contributed by atoms with van der Waals surface area (Å²) in [4.78, 5) is 13.9. The summed E-state index contributed by atoms with van der Waals surface area (Å²) in [5.41, 5.74) is 1.96. The Morgan fingerprint density at radius 1 is 1.04 bits per heavy atom. The van der Waals surface area contributed by atoms with E-state index in [1.54, 1.807) is 17.0 Å². The van der Waals surface area contributed by atoms with Gasteiger partial charge in [0.25, 0.3) is 0 Å². The molecule has 0 radical (unpaired) electrons. The number of rotatable bonds is 7. The lowest BCUT2D eigenvalue weighted by molar-refractivity contribution is -0.0498. The van der Waals surface area contributed by atoms with Gasteiger partial charge in [-0.25, -0.2) is 4.79 Å². The number of piperidine rings is 1. The Balaban J connectivity index is 1.36. The summed E-state index contributed by atoms with van der Waals surface area (Å²) >= 11 is 0. The number of carbonyl (C=O) groups excluding carboxylic acids is 1. The highest BCUT2D eigenvalue weighted by Crippen LogP contribution is 2.16. The van der Waals surface area contributed by atoms with Gasteiger partial charge in [-0.15, -0.1) is 0 Å². The molecule has 0 bridgehead atoms. The van der Waals surface area contributed by atoms with Gasteiger partial charge in [0, 0.05) is 25.7 Å². The van der Waals surface area contributed by atoms with Gasteiger partial charge < -0.3 is 19.7 Å². The third kappa shape index (κ3) is 6.20. The number of nitrogens with zero attached hydrogens (tertiary/aromatic N) is 1. The molecule has 0 spiro atoms. The Kier molecular flexibility index (Phi) is 7.19. The van der Waals surface area contributed by atoms with Crippen LogP contribution in [0, 0.1) is 0 Å². The molecular weight excluding hydrogens is 366 g/mol. The minimum atomic E-state index is -2.81. The quantitative estimate of drug-likeness (QED) is 0.771. The van der Waals surface area contributed by atoms with E-state index >= 15 is 0 Å². The van der Waals surface area contributed by atoms with E-state index in [0.29, 0.717) is 25.7 Å². The Labute approximate surface area is 163 Å². The van der Waals surface area contributed by atoms with Gasteiger partial charge in [0.1, 0.15) is 12.4 Å². The van der Waals surface area contributed by atoms with Gasteiger partial charge in [-0.3, -0.25) is 0 Å². The average molecular weight is 390 g/mol. The van der Waals surface area contributed by atoms with Crippen LogP contribution in [0.4, 0.5) is 13.6 Å². The molecule has 150 valence electrons. The molecule has 2 aromatic rings. The Morgan fingerprint density at radius 3 is 2.36 bits per heavy atom. The van der Waals surface area contributed by atoms with Crippen molar-refractivity contribution in [1.82, 2.24) is 10.2 Å². The fourth-order valence-corrected chi connectivity index (χ4v) is 3.13. The van der Waals surface area contributed by atoms with Crippen molar-refractivity contribution in [2.75, 3.05) is 13.1 Å². The van der Waals surface area contributed by atoms with Crippen molar-refractivity contribution in [1.29, 1.82) is 0 Å². The van der Waals surface area contributed by atoms with Crippen molar-refractivity contribution in [2.24, 2.45) is 0 Å². The van der Waals surface area contributed by atoms with Gasteiger partial charge in [0.2, 0.25) is 0 Å². The number of nitrogens with one attached hydrogen (secondary N) is 1. The van der Waals surface area contributed by atoms with E-state index in [4.69, 9.17) is 4.74 Å². The standard InChI is InChI=1S/C21H24F2N2O3/c22-20(23)28-19-8-6-16(7-9-19)14-24-18-10-12-25(13-11-18)21(26)27-15-17-4-2-1-3-5-17/h1-9,18,20,24H,10-15H2. The zero-order valence-corrected chi connectivity index (χ0v) is 15.5. The van der Waals surface area contributed by atoms with Gasteiger partial charge in [-0.1, -0.05) is 42.5 Å². The normalized spacial score (nSPS) is 14.9. The van der Waals surface area contributed by atoms with E-state index in [1.807, 2.05) is 30.3 Å². The Hall–Kier alpha value is -2.67. The van der Waals surface area contributed by atoms with E-state index in [2.05, 4.69) is 10.1 Å². The van der Waals surface area contributed by atoms with E-state index in [1.165, 1.54) is 12.1 Å². The van der Waals surface area contributed by atoms with Gasteiger partial charge in [-0.05, 0) is 36.1 Å². The SMILES string of the molecule is O=C(OCc1ccccc1)N1CCC(NCc2ccc(OC(F)F)cc2)CC1. The maximum Gasteiger partial charge on any atom is 0.410 e. The Bertz CT molecular complexity index is 733. The summed E-state index contributed by atoms with van der Waals surface area (Å²) in [5, 5.41) is 3.45. The molecule has 0 unspecified atom stereocenters. The van der Waals surface area contributed by atoms with Crippen LogP contribution in [0.2, 0.25) is 0 Å². The monoisotopic (exact) mass is 390 g/mol. The smallest absolute Gasteiger partial charge is 0.410 e. The maximum atomic E-state index is 12.2. The second-order valence-corrected chi connectivity index (χ2v) is 6.70. The highest BCUT2D eigenvalue weighted by Gasteiger charge is 2.23.